The first-order valence-electron chi connectivity index (χ1n) is 10.9. The predicted octanol–water partition coefficient (Wildman–Crippen LogP) is 1.60. The van der Waals surface area contributed by atoms with Crippen LogP contribution in [0.3, 0.4) is 0 Å². The van der Waals surface area contributed by atoms with Gasteiger partial charge in [-0.2, -0.15) is 5.10 Å². The predicted molar refractivity (Wildman–Crippen MR) is 114 cm³/mol. The van der Waals surface area contributed by atoms with E-state index in [0.717, 1.165) is 42.4 Å². The summed E-state index contributed by atoms with van der Waals surface area (Å²) in [6, 6.07) is 8.30. The van der Waals surface area contributed by atoms with Gasteiger partial charge in [0.05, 0.1) is 23.9 Å². The van der Waals surface area contributed by atoms with Crippen LogP contribution in [0.2, 0.25) is 0 Å². The van der Waals surface area contributed by atoms with E-state index in [1.165, 1.54) is 6.92 Å². The lowest BCUT2D eigenvalue weighted by atomic mass is 10.1. The Hall–Kier alpha value is -2.45. The normalized spacial score (nSPS) is 20.1. The second-order valence-corrected chi connectivity index (χ2v) is 8.18. The van der Waals surface area contributed by atoms with Gasteiger partial charge in [0.25, 0.3) is 5.91 Å². The third-order valence-electron chi connectivity index (χ3n) is 5.82. The molecule has 0 spiro atoms. The third kappa shape index (κ3) is 4.49. The molecule has 1 aromatic carbocycles. The van der Waals surface area contributed by atoms with Gasteiger partial charge in [0.15, 0.2) is 0 Å². The number of morpholine rings is 1. The fourth-order valence-corrected chi connectivity index (χ4v) is 4.19. The molecule has 2 fully saturated rings. The highest BCUT2D eigenvalue weighted by Gasteiger charge is 2.41. The number of amides is 2. The van der Waals surface area contributed by atoms with Gasteiger partial charge >= 0.3 is 0 Å². The molecule has 0 unspecified atom stereocenters. The van der Waals surface area contributed by atoms with Gasteiger partial charge < -0.3 is 20.3 Å². The van der Waals surface area contributed by atoms with Crippen molar-refractivity contribution < 1.29 is 14.3 Å². The van der Waals surface area contributed by atoms with Crippen molar-refractivity contribution in [3.8, 4) is 0 Å². The zero-order valence-electron chi connectivity index (χ0n) is 17.8. The van der Waals surface area contributed by atoms with Gasteiger partial charge in [-0.15, -0.1) is 0 Å². The average Bonchev–Trinajstić information content (AvgIpc) is 3.52. The Labute approximate surface area is 176 Å². The van der Waals surface area contributed by atoms with Crippen molar-refractivity contribution in [1.82, 2.24) is 25.3 Å². The van der Waals surface area contributed by atoms with Crippen molar-refractivity contribution in [2.24, 2.45) is 0 Å². The smallest absolute Gasteiger partial charge is 0.253 e. The SMILES string of the molecule is CC(=O)NCCCn1nc([C@@H](C)N(C(=O)[C@H]2CNCCO2)C2CC2)c2ccccc21. The van der Waals surface area contributed by atoms with Gasteiger partial charge in [-0.1, -0.05) is 18.2 Å². The molecule has 0 bridgehead atoms. The van der Waals surface area contributed by atoms with Crippen LogP contribution in [0.1, 0.15) is 44.8 Å². The largest absolute Gasteiger partial charge is 0.366 e. The van der Waals surface area contributed by atoms with Crippen LogP contribution >= 0.6 is 0 Å². The summed E-state index contributed by atoms with van der Waals surface area (Å²) in [4.78, 5) is 26.4. The second kappa shape index (κ2) is 9.14. The van der Waals surface area contributed by atoms with E-state index >= 15 is 0 Å². The van der Waals surface area contributed by atoms with E-state index in [2.05, 4.69) is 29.7 Å². The third-order valence-corrected chi connectivity index (χ3v) is 5.82. The first-order valence-corrected chi connectivity index (χ1v) is 10.9. The first kappa shape index (κ1) is 20.8. The summed E-state index contributed by atoms with van der Waals surface area (Å²) >= 11 is 0. The number of aromatic nitrogens is 2. The molecular weight excluding hydrogens is 382 g/mol. The van der Waals surface area contributed by atoms with E-state index in [9.17, 15) is 9.59 Å². The summed E-state index contributed by atoms with van der Waals surface area (Å²) in [6.45, 7) is 6.84. The molecule has 2 heterocycles. The highest BCUT2D eigenvalue weighted by atomic mass is 16.5. The molecule has 0 radical (unpaired) electrons. The van der Waals surface area contributed by atoms with Crippen LogP contribution in [0.5, 0.6) is 0 Å². The van der Waals surface area contributed by atoms with Crippen molar-refractivity contribution in [3.63, 3.8) is 0 Å². The Bertz CT molecular complexity index is 901. The summed E-state index contributed by atoms with van der Waals surface area (Å²) in [7, 11) is 0. The number of nitrogens with one attached hydrogen (secondary N) is 2. The molecule has 162 valence electrons. The number of hydrogen-bond acceptors (Lipinski definition) is 5. The van der Waals surface area contributed by atoms with E-state index in [0.29, 0.717) is 26.2 Å². The maximum atomic E-state index is 13.3. The van der Waals surface area contributed by atoms with Crippen LogP contribution in [0.4, 0.5) is 0 Å². The Balaban J connectivity index is 1.57. The van der Waals surface area contributed by atoms with Gasteiger partial charge in [-0.3, -0.25) is 14.3 Å². The lowest BCUT2D eigenvalue weighted by Gasteiger charge is -2.33. The number of carbonyl (C=O) groups excluding carboxylic acids is 2. The van der Waals surface area contributed by atoms with Gasteiger partial charge in [-0.05, 0) is 32.3 Å². The number of aryl methyl sites for hydroxylation is 1. The summed E-state index contributed by atoms with van der Waals surface area (Å²) in [6.07, 6.45) is 2.44. The van der Waals surface area contributed by atoms with Gasteiger partial charge in [0.2, 0.25) is 5.91 Å². The number of benzene rings is 1. The molecule has 2 N–H and O–H groups in total. The van der Waals surface area contributed by atoms with Crippen molar-refractivity contribution in [2.75, 3.05) is 26.2 Å². The lowest BCUT2D eigenvalue weighted by Crippen LogP contribution is -2.50. The van der Waals surface area contributed by atoms with E-state index in [1.807, 2.05) is 21.7 Å². The monoisotopic (exact) mass is 413 g/mol. The number of carbonyl (C=O) groups is 2. The van der Waals surface area contributed by atoms with Crippen LogP contribution in [-0.2, 0) is 20.9 Å². The van der Waals surface area contributed by atoms with Crippen molar-refractivity contribution in [1.29, 1.82) is 0 Å². The van der Waals surface area contributed by atoms with E-state index < -0.39 is 6.10 Å². The molecular formula is C22H31N5O3. The number of nitrogens with zero attached hydrogens (tertiary/aromatic N) is 3. The zero-order chi connectivity index (χ0) is 21.1. The van der Waals surface area contributed by atoms with E-state index in [-0.39, 0.29) is 23.9 Å². The Morgan fingerprint density at radius 2 is 2.17 bits per heavy atom. The Kier molecular flexibility index (Phi) is 6.34. The highest BCUT2D eigenvalue weighted by Crippen LogP contribution is 2.37. The summed E-state index contributed by atoms with van der Waals surface area (Å²) in [5.74, 6) is 0.0362. The molecule has 1 saturated carbocycles. The molecule has 30 heavy (non-hydrogen) atoms. The molecule has 2 aromatic rings. The molecule has 1 aromatic heterocycles. The van der Waals surface area contributed by atoms with Crippen LogP contribution < -0.4 is 10.6 Å². The minimum absolute atomic E-state index is 0.0207. The number of fused-ring (bicyclic) bond motifs is 1. The number of hydrogen-bond donors (Lipinski definition) is 2. The maximum absolute atomic E-state index is 13.3. The Morgan fingerprint density at radius 1 is 1.37 bits per heavy atom. The van der Waals surface area contributed by atoms with Crippen molar-refractivity contribution in [2.45, 2.75) is 57.8 Å². The topological polar surface area (TPSA) is 88.5 Å². The molecule has 1 aliphatic carbocycles. The second-order valence-electron chi connectivity index (χ2n) is 8.18. The molecule has 8 heteroatoms. The number of ether oxygens (including phenoxy) is 1. The lowest BCUT2D eigenvalue weighted by molar-refractivity contribution is -0.148. The summed E-state index contributed by atoms with van der Waals surface area (Å²) in [5.41, 5.74) is 1.98. The molecule has 2 atom stereocenters. The first-order chi connectivity index (χ1) is 14.6. The fourth-order valence-electron chi connectivity index (χ4n) is 4.19. The van der Waals surface area contributed by atoms with Crippen LogP contribution in [0.15, 0.2) is 24.3 Å². The average molecular weight is 414 g/mol. The highest BCUT2D eigenvalue weighted by molar-refractivity contribution is 5.85. The molecule has 1 saturated heterocycles. The minimum Gasteiger partial charge on any atom is -0.366 e. The standard InChI is InChI=1S/C22H31N5O3/c1-15(27(17-8-9-17)22(29)20-14-23-11-13-30-20)21-18-6-3-4-7-19(18)26(25-21)12-5-10-24-16(2)28/h3-4,6-7,15,17,20,23H,5,8-14H2,1-2H3,(H,24,28)/t15-,20-/m1/s1. The molecule has 8 nitrogen and oxygen atoms in total. The molecule has 1 aliphatic heterocycles. The van der Waals surface area contributed by atoms with E-state index in [4.69, 9.17) is 9.84 Å². The van der Waals surface area contributed by atoms with Gasteiger partial charge in [0.1, 0.15) is 6.10 Å². The molecule has 4 rings (SSSR count). The molecule has 2 aliphatic rings. The summed E-state index contributed by atoms with van der Waals surface area (Å²) in [5, 5.41) is 12.1. The Morgan fingerprint density at radius 3 is 2.87 bits per heavy atom. The number of para-hydroxylation sites is 1. The minimum atomic E-state index is -0.423. The quantitative estimate of drug-likeness (QED) is 0.642. The van der Waals surface area contributed by atoms with Crippen molar-refractivity contribution in [3.05, 3.63) is 30.0 Å². The van der Waals surface area contributed by atoms with E-state index in [1.54, 1.807) is 0 Å². The molecule has 2 amide bonds. The number of rotatable bonds is 8. The van der Waals surface area contributed by atoms with Crippen LogP contribution in [0.25, 0.3) is 10.9 Å². The maximum Gasteiger partial charge on any atom is 0.253 e. The van der Waals surface area contributed by atoms with Crippen LogP contribution in [0, 0.1) is 0 Å². The zero-order valence-corrected chi connectivity index (χ0v) is 17.8. The van der Waals surface area contributed by atoms with Gasteiger partial charge in [0, 0.05) is 44.5 Å². The van der Waals surface area contributed by atoms with Gasteiger partial charge in [-0.25, -0.2) is 0 Å². The fraction of sp³-hybridized carbons (Fsp3) is 0.591. The van der Waals surface area contributed by atoms with Crippen molar-refractivity contribution >= 4 is 22.7 Å². The van der Waals surface area contributed by atoms with Crippen LogP contribution in [-0.4, -0.2) is 64.9 Å². The summed E-state index contributed by atoms with van der Waals surface area (Å²) < 4.78 is 7.75.